The predicted octanol–water partition coefficient (Wildman–Crippen LogP) is 5.03. The number of aromatic nitrogens is 2. The number of nitrogens with zero attached hydrogens (tertiary/aromatic N) is 1. The van der Waals surface area contributed by atoms with Crippen LogP contribution < -0.4 is 5.32 Å². The summed E-state index contributed by atoms with van der Waals surface area (Å²) in [5.41, 5.74) is 1.21. The summed E-state index contributed by atoms with van der Waals surface area (Å²) in [6.45, 7) is 4.19. The number of alkyl halides is 2. The molecule has 0 radical (unpaired) electrons. The molecule has 25 heavy (non-hydrogen) atoms. The van der Waals surface area contributed by atoms with Gasteiger partial charge in [0.05, 0.1) is 17.1 Å². The molecule has 0 spiro atoms. The van der Waals surface area contributed by atoms with Crippen LogP contribution in [0.25, 0.3) is 10.6 Å². The summed E-state index contributed by atoms with van der Waals surface area (Å²) in [6, 6.07) is 11.4. The van der Waals surface area contributed by atoms with E-state index < -0.39 is 12.3 Å². The first-order chi connectivity index (χ1) is 12.1. The fourth-order valence-electron chi connectivity index (χ4n) is 2.17. The number of nitrogens with one attached hydrogen (secondary N) is 2. The molecule has 0 saturated heterocycles. The fraction of sp³-hybridized carbons (Fsp3) is 0.222. The minimum atomic E-state index is -2.69. The van der Waals surface area contributed by atoms with Crippen molar-refractivity contribution in [3.63, 3.8) is 0 Å². The number of aromatic amines is 1. The smallest absolute Gasteiger partial charge is 0.264 e. The van der Waals surface area contributed by atoms with Crippen LogP contribution in [-0.4, -0.2) is 16.1 Å². The summed E-state index contributed by atoms with van der Waals surface area (Å²) in [5, 5.41) is 11.6. The molecule has 0 aliphatic carbocycles. The Morgan fingerprint density at radius 2 is 2.00 bits per heavy atom. The Hall–Kier alpha value is -2.54. The average molecular weight is 363 g/mol. The molecule has 3 aromatic rings. The van der Waals surface area contributed by atoms with Gasteiger partial charge in [-0.15, -0.1) is 11.3 Å². The van der Waals surface area contributed by atoms with Gasteiger partial charge in [-0.1, -0.05) is 38.1 Å². The van der Waals surface area contributed by atoms with Crippen LogP contribution in [0.1, 0.15) is 41.9 Å². The van der Waals surface area contributed by atoms with Gasteiger partial charge in [0, 0.05) is 11.1 Å². The van der Waals surface area contributed by atoms with Crippen LogP contribution in [0.4, 0.5) is 8.78 Å². The van der Waals surface area contributed by atoms with Gasteiger partial charge in [0.15, 0.2) is 0 Å². The van der Waals surface area contributed by atoms with E-state index in [2.05, 4.69) is 15.5 Å². The molecule has 3 rings (SSSR count). The molecular weight excluding hydrogens is 344 g/mol. The lowest BCUT2D eigenvalue weighted by atomic mass is 10.1. The van der Waals surface area contributed by atoms with Crippen molar-refractivity contribution in [1.29, 1.82) is 0 Å². The van der Waals surface area contributed by atoms with E-state index >= 15 is 0 Å². The number of carbonyl (C=O) groups excluding carboxylic acids is 1. The summed E-state index contributed by atoms with van der Waals surface area (Å²) >= 11 is 1.56. The largest absolute Gasteiger partial charge is 0.346 e. The van der Waals surface area contributed by atoms with Crippen molar-refractivity contribution in [3.05, 3.63) is 64.7 Å². The van der Waals surface area contributed by atoms with Crippen LogP contribution in [0.15, 0.2) is 47.8 Å². The van der Waals surface area contributed by atoms with E-state index in [0.717, 1.165) is 10.6 Å². The minimum Gasteiger partial charge on any atom is -0.346 e. The van der Waals surface area contributed by atoms with Crippen LogP contribution in [-0.2, 0) is 6.54 Å². The highest BCUT2D eigenvalue weighted by molar-refractivity contribution is 7.13. The zero-order valence-electron chi connectivity index (χ0n) is 13.9. The third-order valence-corrected chi connectivity index (χ3v) is 4.18. The molecule has 0 atom stereocenters. The summed E-state index contributed by atoms with van der Waals surface area (Å²) in [7, 11) is 0. The number of carbonyl (C=O) groups is 1. The summed E-state index contributed by atoms with van der Waals surface area (Å²) < 4.78 is 25.8. The molecule has 1 aromatic carbocycles. The highest BCUT2D eigenvalue weighted by atomic mass is 32.1. The van der Waals surface area contributed by atoms with Gasteiger partial charge in [-0.25, -0.2) is 8.78 Å². The Bertz CT molecular complexity index is 800. The zero-order valence-corrected chi connectivity index (χ0v) is 14.7. The highest BCUT2D eigenvalue weighted by Crippen LogP contribution is 2.24. The lowest BCUT2D eigenvalue weighted by molar-refractivity contribution is 0.0937. The van der Waals surface area contributed by atoms with Gasteiger partial charge in [-0.05, 0) is 23.6 Å². The van der Waals surface area contributed by atoms with Gasteiger partial charge < -0.3 is 5.32 Å². The van der Waals surface area contributed by atoms with Crippen molar-refractivity contribution in [3.8, 4) is 10.6 Å². The molecule has 1 amide bonds. The first kappa shape index (κ1) is 18.8. The van der Waals surface area contributed by atoms with Crippen LogP contribution in [0.3, 0.4) is 0 Å². The summed E-state index contributed by atoms with van der Waals surface area (Å²) in [5.74, 6) is -0.534. The number of amides is 1. The number of hydrogen-bond donors (Lipinski definition) is 2. The molecule has 4 nitrogen and oxygen atoms in total. The van der Waals surface area contributed by atoms with Crippen molar-refractivity contribution in [2.75, 3.05) is 0 Å². The third kappa shape index (κ3) is 4.73. The fourth-order valence-corrected chi connectivity index (χ4v) is 2.85. The van der Waals surface area contributed by atoms with Crippen molar-refractivity contribution >= 4 is 17.2 Å². The molecule has 0 aliphatic heterocycles. The number of benzene rings is 1. The average Bonchev–Trinajstić information content (AvgIpc) is 3.32. The Morgan fingerprint density at radius 1 is 1.24 bits per heavy atom. The number of halogens is 2. The van der Waals surface area contributed by atoms with E-state index in [0.29, 0.717) is 5.69 Å². The second-order valence-electron chi connectivity index (χ2n) is 4.83. The normalized spacial score (nSPS) is 10.3. The monoisotopic (exact) mass is 363 g/mol. The predicted molar refractivity (Wildman–Crippen MR) is 95.8 cm³/mol. The molecule has 132 valence electrons. The van der Waals surface area contributed by atoms with E-state index in [-0.39, 0.29) is 17.7 Å². The molecule has 0 bridgehead atoms. The van der Waals surface area contributed by atoms with Gasteiger partial charge in [-0.3, -0.25) is 9.89 Å². The van der Waals surface area contributed by atoms with Crippen LogP contribution >= 0.6 is 11.3 Å². The van der Waals surface area contributed by atoms with Gasteiger partial charge in [0.2, 0.25) is 0 Å². The minimum absolute atomic E-state index is 0.0134. The van der Waals surface area contributed by atoms with Crippen LogP contribution in [0, 0.1) is 0 Å². The second-order valence-corrected chi connectivity index (χ2v) is 5.77. The van der Waals surface area contributed by atoms with Crippen LogP contribution in [0.2, 0.25) is 0 Å². The van der Waals surface area contributed by atoms with E-state index in [9.17, 15) is 13.6 Å². The highest BCUT2D eigenvalue weighted by Gasteiger charge is 2.17. The van der Waals surface area contributed by atoms with E-state index in [1.54, 1.807) is 17.4 Å². The second kappa shape index (κ2) is 9.08. The first-order valence-electron chi connectivity index (χ1n) is 7.88. The van der Waals surface area contributed by atoms with Gasteiger partial charge >= 0.3 is 0 Å². The SMILES string of the molecule is CC.O=C(NCc1cc(-c2cccs2)n[nH]1)c1ccccc1C(F)F. The van der Waals surface area contributed by atoms with Gasteiger partial charge in [-0.2, -0.15) is 5.10 Å². The first-order valence-corrected chi connectivity index (χ1v) is 8.76. The maximum atomic E-state index is 12.9. The lowest BCUT2D eigenvalue weighted by Gasteiger charge is -2.08. The Kier molecular flexibility index (Phi) is 6.82. The van der Waals surface area contributed by atoms with Gasteiger partial charge in [0.1, 0.15) is 5.69 Å². The molecule has 2 N–H and O–H groups in total. The summed E-state index contributed by atoms with van der Waals surface area (Å²) in [4.78, 5) is 13.1. The third-order valence-electron chi connectivity index (χ3n) is 3.28. The Balaban J connectivity index is 0.00000109. The molecule has 2 aromatic heterocycles. The maximum absolute atomic E-state index is 12.9. The quantitative estimate of drug-likeness (QED) is 0.668. The molecule has 0 aliphatic rings. The molecule has 0 unspecified atom stereocenters. The van der Waals surface area contributed by atoms with Crippen molar-refractivity contribution < 1.29 is 13.6 Å². The van der Waals surface area contributed by atoms with Crippen LogP contribution in [0.5, 0.6) is 0 Å². The Morgan fingerprint density at radius 3 is 2.68 bits per heavy atom. The number of thiophene rings is 1. The maximum Gasteiger partial charge on any atom is 0.264 e. The van der Waals surface area contributed by atoms with E-state index in [1.807, 2.05) is 37.4 Å². The summed E-state index contributed by atoms with van der Waals surface area (Å²) in [6.07, 6.45) is -2.69. The molecular formula is C18H19F2N3OS. The van der Waals surface area contributed by atoms with E-state index in [4.69, 9.17) is 0 Å². The van der Waals surface area contributed by atoms with Crippen molar-refractivity contribution in [2.24, 2.45) is 0 Å². The zero-order chi connectivity index (χ0) is 18.2. The van der Waals surface area contributed by atoms with Crippen molar-refractivity contribution in [1.82, 2.24) is 15.5 Å². The number of rotatable bonds is 5. The van der Waals surface area contributed by atoms with Crippen molar-refractivity contribution in [2.45, 2.75) is 26.8 Å². The number of H-pyrrole nitrogens is 1. The molecule has 0 saturated carbocycles. The molecule has 7 heteroatoms. The molecule has 0 fully saturated rings. The lowest BCUT2D eigenvalue weighted by Crippen LogP contribution is -2.24. The number of hydrogen-bond acceptors (Lipinski definition) is 3. The van der Waals surface area contributed by atoms with Gasteiger partial charge in [0.25, 0.3) is 12.3 Å². The Labute approximate surface area is 148 Å². The van der Waals surface area contributed by atoms with E-state index in [1.165, 1.54) is 18.2 Å². The topological polar surface area (TPSA) is 57.8 Å². The standard InChI is InChI=1S/C16H13F2N3OS.C2H6/c17-15(18)11-4-1-2-5-12(11)16(22)19-9-10-8-13(21-20-10)14-6-3-7-23-14;1-2/h1-8,15H,9H2,(H,19,22)(H,20,21);1-2H3. The molecule has 2 heterocycles.